The van der Waals surface area contributed by atoms with Gasteiger partial charge in [0, 0.05) is 17.8 Å². The summed E-state index contributed by atoms with van der Waals surface area (Å²) in [6.45, 7) is 0. The van der Waals surface area contributed by atoms with Gasteiger partial charge in [-0.3, -0.25) is 0 Å². The van der Waals surface area contributed by atoms with E-state index in [2.05, 4.69) is 0 Å². The van der Waals surface area contributed by atoms with E-state index < -0.39 is 17.2 Å². The average Bonchev–Trinajstić information content (AvgIpc) is 1.82. The van der Waals surface area contributed by atoms with Crippen LogP contribution in [0, 0.1) is 0 Å². The van der Waals surface area contributed by atoms with Crippen LogP contribution in [0.2, 0.25) is 0 Å². The molecule has 0 aliphatic rings. The first-order chi connectivity index (χ1) is 4.61. The normalized spacial score (nSPS) is 9.60. The highest BCUT2D eigenvalue weighted by Crippen LogP contribution is 2.35. The van der Waals surface area contributed by atoms with Crippen molar-refractivity contribution in [2.45, 2.75) is 0 Å². The molecule has 0 spiro atoms. The van der Waals surface area contributed by atoms with Gasteiger partial charge >= 0.3 is 0 Å². The zero-order chi connectivity index (χ0) is 7.72. The zero-order valence-electron chi connectivity index (χ0n) is 5.07. The quantitative estimate of drug-likeness (QED) is 0.239. The third-order valence-electron chi connectivity index (χ3n) is 1.09. The fourth-order valence-corrected chi connectivity index (χ4v) is 0.625. The number of phenols is 3. The van der Waals surface area contributed by atoms with Gasteiger partial charge in [0.15, 0.2) is 17.2 Å². The lowest BCUT2D eigenvalue weighted by Crippen LogP contribution is -1.83. The third-order valence-corrected chi connectivity index (χ3v) is 1.09. The molecule has 1 aromatic rings. The second-order valence-corrected chi connectivity index (χ2v) is 1.91. The molecular formula is C6H7NO3. The minimum absolute atomic E-state index is 0.202. The van der Waals surface area contributed by atoms with Crippen LogP contribution in [0.5, 0.6) is 17.2 Å². The molecule has 0 aromatic heterocycles. The predicted molar refractivity (Wildman–Crippen MR) is 35.8 cm³/mol. The molecule has 0 aliphatic carbocycles. The SMILES string of the molecule is Nc1cc(O)c(O)c(O)c1. The number of hydrogen-bond acceptors (Lipinski definition) is 4. The van der Waals surface area contributed by atoms with E-state index >= 15 is 0 Å². The molecule has 0 amide bonds. The molecule has 5 N–H and O–H groups in total. The smallest absolute Gasteiger partial charge is 0.200 e. The standard InChI is InChI=1S/C6H7NO3/c7-3-1-4(8)6(10)5(9)2-3/h1-2,8-10H,7H2. The Bertz CT molecular complexity index is 236. The lowest BCUT2D eigenvalue weighted by molar-refractivity contribution is 0.368. The van der Waals surface area contributed by atoms with Crippen LogP contribution in [0.25, 0.3) is 0 Å². The summed E-state index contributed by atoms with van der Waals surface area (Å²) < 4.78 is 0. The summed E-state index contributed by atoms with van der Waals surface area (Å²) in [7, 11) is 0. The van der Waals surface area contributed by atoms with Gasteiger partial charge in [0.2, 0.25) is 0 Å². The molecule has 0 fully saturated rings. The maximum atomic E-state index is 8.79. The summed E-state index contributed by atoms with van der Waals surface area (Å²) in [4.78, 5) is 0. The van der Waals surface area contributed by atoms with Crippen molar-refractivity contribution in [1.29, 1.82) is 0 Å². The Morgan fingerprint density at radius 1 is 1.00 bits per heavy atom. The molecular weight excluding hydrogens is 134 g/mol. The Balaban J connectivity index is 3.31. The number of hydrogen-bond donors (Lipinski definition) is 4. The van der Waals surface area contributed by atoms with E-state index in [4.69, 9.17) is 21.1 Å². The number of anilines is 1. The van der Waals surface area contributed by atoms with Gasteiger partial charge in [-0.25, -0.2) is 0 Å². The minimum Gasteiger partial charge on any atom is -0.504 e. The predicted octanol–water partition coefficient (Wildman–Crippen LogP) is 0.386. The number of phenolic OH excluding ortho intramolecular Hbond substituents is 3. The first-order valence-corrected chi connectivity index (χ1v) is 2.61. The second kappa shape index (κ2) is 1.98. The molecule has 4 heteroatoms. The van der Waals surface area contributed by atoms with Crippen molar-refractivity contribution < 1.29 is 15.3 Å². The molecule has 0 radical (unpaired) electrons. The summed E-state index contributed by atoms with van der Waals surface area (Å²) in [5, 5.41) is 26.4. The topological polar surface area (TPSA) is 86.7 Å². The van der Waals surface area contributed by atoms with E-state index in [1.165, 1.54) is 0 Å². The van der Waals surface area contributed by atoms with Crippen molar-refractivity contribution in [2.75, 3.05) is 5.73 Å². The molecule has 1 rings (SSSR count). The molecule has 4 nitrogen and oxygen atoms in total. The van der Waals surface area contributed by atoms with Gasteiger partial charge in [-0.1, -0.05) is 0 Å². The Morgan fingerprint density at radius 3 is 1.80 bits per heavy atom. The molecule has 1 aromatic carbocycles. The van der Waals surface area contributed by atoms with Crippen LogP contribution in [-0.4, -0.2) is 15.3 Å². The summed E-state index contributed by atoms with van der Waals surface area (Å²) in [6.07, 6.45) is 0. The molecule has 0 saturated heterocycles. The molecule has 0 saturated carbocycles. The third kappa shape index (κ3) is 0.907. The lowest BCUT2D eigenvalue weighted by atomic mass is 10.2. The number of benzene rings is 1. The Kier molecular flexibility index (Phi) is 1.30. The van der Waals surface area contributed by atoms with E-state index in [0.29, 0.717) is 0 Å². The molecule has 10 heavy (non-hydrogen) atoms. The lowest BCUT2D eigenvalue weighted by Gasteiger charge is -2.00. The van der Waals surface area contributed by atoms with Crippen molar-refractivity contribution in [3.05, 3.63) is 12.1 Å². The van der Waals surface area contributed by atoms with Crippen molar-refractivity contribution in [1.82, 2.24) is 0 Å². The van der Waals surface area contributed by atoms with Crippen LogP contribution in [0.3, 0.4) is 0 Å². The van der Waals surface area contributed by atoms with Crippen LogP contribution < -0.4 is 5.73 Å². The zero-order valence-corrected chi connectivity index (χ0v) is 5.07. The molecule has 0 unspecified atom stereocenters. The highest BCUT2D eigenvalue weighted by molar-refractivity contribution is 5.58. The van der Waals surface area contributed by atoms with Crippen LogP contribution >= 0.6 is 0 Å². The van der Waals surface area contributed by atoms with E-state index in [1.807, 2.05) is 0 Å². The van der Waals surface area contributed by atoms with E-state index in [9.17, 15) is 0 Å². The van der Waals surface area contributed by atoms with Gasteiger partial charge in [-0.05, 0) is 0 Å². The number of nitrogens with two attached hydrogens (primary N) is 1. The van der Waals surface area contributed by atoms with E-state index in [0.717, 1.165) is 12.1 Å². The number of rotatable bonds is 0. The van der Waals surface area contributed by atoms with E-state index in [-0.39, 0.29) is 5.69 Å². The Hall–Kier alpha value is -1.58. The molecule has 0 heterocycles. The van der Waals surface area contributed by atoms with Gasteiger partial charge in [-0.15, -0.1) is 0 Å². The largest absolute Gasteiger partial charge is 0.504 e. The highest BCUT2D eigenvalue weighted by Gasteiger charge is 2.04. The first-order valence-electron chi connectivity index (χ1n) is 2.61. The van der Waals surface area contributed by atoms with Gasteiger partial charge in [0.25, 0.3) is 0 Å². The van der Waals surface area contributed by atoms with Gasteiger partial charge in [0.1, 0.15) is 0 Å². The summed E-state index contributed by atoms with van der Waals surface area (Å²) in [5.74, 6) is -1.39. The van der Waals surface area contributed by atoms with Crippen molar-refractivity contribution in [2.24, 2.45) is 0 Å². The molecule has 0 bridgehead atoms. The van der Waals surface area contributed by atoms with Gasteiger partial charge in [0.05, 0.1) is 0 Å². The van der Waals surface area contributed by atoms with Crippen LogP contribution in [0.1, 0.15) is 0 Å². The highest BCUT2D eigenvalue weighted by atomic mass is 16.3. The monoisotopic (exact) mass is 141 g/mol. The minimum atomic E-state index is -0.547. The van der Waals surface area contributed by atoms with E-state index in [1.54, 1.807) is 0 Å². The van der Waals surface area contributed by atoms with Crippen LogP contribution in [-0.2, 0) is 0 Å². The van der Waals surface area contributed by atoms with Gasteiger partial charge in [-0.2, -0.15) is 0 Å². The van der Waals surface area contributed by atoms with Crippen molar-refractivity contribution >= 4 is 5.69 Å². The van der Waals surface area contributed by atoms with Crippen LogP contribution in [0.4, 0.5) is 5.69 Å². The Morgan fingerprint density at radius 2 is 1.40 bits per heavy atom. The average molecular weight is 141 g/mol. The first kappa shape index (κ1) is 6.54. The number of aromatic hydroxyl groups is 3. The summed E-state index contributed by atoms with van der Waals surface area (Å²) >= 11 is 0. The maximum absolute atomic E-state index is 8.79. The summed E-state index contributed by atoms with van der Waals surface area (Å²) in [6, 6.07) is 2.30. The Labute approximate surface area is 57.2 Å². The number of nitrogen functional groups attached to an aromatic ring is 1. The maximum Gasteiger partial charge on any atom is 0.200 e. The van der Waals surface area contributed by atoms with Crippen molar-refractivity contribution in [3.8, 4) is 17.2 Å². The van der Waals surface area contributed by atoms with Crippen LogP contribution in [0.15, 0.2) is 12.1 Å². The van der Waals surface area contributed by atoms with Gasteiger partial charge < -0.3 is 21.1 Å². The summed E-state index contributed by atoms with van der Waals surface area (Å²) in [5.41, 5.74) is 5.40. The molecule has 0 aliphatic heterocycles. The fourth-order valence-electron chi connectivity index (χ4n) is 0.625. The fraction of sp³-hybridized carbons (Fsp3) is 0. The second-order valence-electron chi connectivity index (χ2n) is 1.91. The van der Waals surface area contributed by atoms with Crippen molar-refractivity contribution in [3.63, 3.8) is 0 Å². The molecule has 54 valence electrons. The molecule has 0 atom stereocenters.